The number of fused-ring (bicyclic) bond motifs is 2. The van der Waals surface area contributed by atoms with Gasteiger partial charge in [0.15, 0.2) is 0 Å². The molecule has 3 atom stereocenters. The molecule has 0 radical (unpaired) electrons. The van der Waals surface area contributed by atoms with Gasteiger partial charge in [-0.25, -0.2) is 9.18 Å². The minimum Gasteiger partial charge on any atom is -0.490 e. The molecular weight excluding hydrogens is 465 g/mol. The molecule has 1 heterocycles. The van der Waals surface area contributed by atoms with Gasteiger partial charge < -0.3 is 15.2 Å². The van der Waals surface area contributed by atoms with Crippen LogP contribution in [0.1, 0.15) is 56.2 Å². The maximum Gasteiger partial charge on any atom is 0.335 e. The van der Waals surface area contributed by atoms with Crippen LogP contribution < -0.4 is 10.1 Å². The summed E-state index contributed by atoms with van der Waals surface area (Å²) in [6.07, 6.45) is 7.63. The zero-order valence-electron chi connectivity index (χ0n) is 21.4. The number of hydrogen-bond acceptors (Lipinski definition) is 3. The van der Waals surface area contributed by atoms with Crippen molar-refractivity contribution in [1.29, 1.82) is 0 Å². The number of aliphatic carboxylic acids is 1. The Labute approximate surface area is 218 Å². The van der Waals surface area contributed by atoms with Crippen LogP contribution in [0.25, 0.3) is 10.8 Å². The van der Waals surface area contributed by atoms with Gasteiger partial charge >= 0.3 is 5.97 Å². The molecule has 0 saturated carbocycles. The Hall–Kier alpha value is -3.70. The van der Waals surface area contributed by atoms with E-state index in [0.717, 1.165) is 53.6 Å². The highest BCUT2D eigenvalue weighted by molar-refractivity contribution is 5.89. The van der Waals surface area contributed by atoms with Gasteiger partial charge in [0.2, 0.25) is 0 Å². The summed E-state index contributed by atoms with van der Waals surface area (Å²) >= 11 is 0. The van der Waals surface area contributed by atoms with E-state index >= 15 is 0 Å². The van der Waals surface area contributed by atoms with Gasteiger partial charge in [0, 0.05) is 22.9 Å². The van der Waals surface area contributed by atoms with E-state index < -0.39 is 5.97 Å². The molecule has 192 valence electrons. The van der Waals surface area contributed by atoms with Crippen LogP contribution in [0.3, 0.4) is 0 Å². The molecule has 0 unspecified atom stereocenters. The zero-order chi connectivity index (χ0) is 26.4. The largest absolute Gasteiger partial charge is 0.490 e. The van der Waals surface area contributed by atoms with E-state index in [1.165, 1.54) is 0 Å². The average molecular weight is 500 g/mol. The minimum atomic E-state index is -0.952. The number of rotatable bonds is 10. The number of nitrogens with one attached hydrogen (secondary N) is 1. The highest BCUT2D eigenvalue weighted by Crippen LogP contribution is 2.41. The van der Waals surface area contributed by atoms with Gasteiger partial charge in [-0.2, -0.15) is 0 Å². The lowest BCUT2D eigenvalue weighted by Crippen LogP contribution is -2.28. The lowest BCUT2D eigenvalue weighted by molar-refractivity contribution is -0.132. The molecule has 4 nitrogen and oxygen atoms in total. The summed E-state index contributed by atoms with van der Waals surface area (Å²) in [5.41, 5.74) is 3.29. The first-order valence-electron chi connectivity index (χ1n) is 12.8. The highest BCUT2D eigenvalue weighted by Gasteiger charge is 2.29. The summed E-state index contributed by atoms with van der Waals surface area (Å²) in [6, 6.07) is 19.1. The van der Waals surface area contributed by atoms with Crippen molar-refractivity contribution < 1.29 is 19.0 Å². The second-order valence-electron chi connectivity index (χ2n) is 9.52. The minimum absolute atomic E-state index is 0.0365. The smallest absolute Gasteiger partial charge is 0.335 e. The van der Waals surface area contributed by atoms with Crippen molar-refractivity contribution in [1.82, 2.24) is 5.32 Å². The van der Waals surface area contributed by atoms with Crippen LogP contribution in [-0.4, -0.2) is 23.7 Å². The molecule has 3 aromatic rings. The van der Waals surface area contributed by atoms with Crippen LogP contribution in [0, 0.1) is 5.82 Å². The van der Waals surface area contributed by atoms with Gasteiger partial charge in [-0.15, -0.1) is 0 Å². The molecule has 0 aliphatic carbocycles. The summed E-state index contributed by atoms with van der Waals surface area (Å²) in [5.74, 6) is -0.221. The third-order valence-corrected chi connectivity index (χ3v) is 7.09. The van der Waals surface area contributed by atoms with E-state index in [1.807, 2.05) is 54.6 Å². The molecule has 1 aliphatic rings. The van der Waals surface area contributed by atoms with Crippen LogP contribution in [-0.2, 0) is 4.79 Å². The van der Waals surface area contributed by atoms with Crippen molar-refractivity contribution in [2.45, 2.75) is 51.2 Å². The van der Waals surface area contributed by atoms with Crippen LogP contribution in [0.2, 0.25) is 0 Å². The molecule has 0 amide bonds. The molecule has 2 N–H and O–H groups in total. The molecule has 0 bridgehead atoms. The van der Waals surface area contributed by atoms with E-state index in [1.54, 1.807) is 25.1 Å². The predicted molar refractivity (Wildman–Crippen MR) is 147 cm³/mol. The van der Waals surface area contributed by atoms with Crippen LogP contribution in [0.4, 0.5) is 4.39 Å². The van der Waals surface area contributed by atoms with Crippen molar-refractivity contribution in [3.05, 3.63) is 114 Å². The quantitative estimate of drug-likeness (QED) is 0.172. The number of hydrogen-bond donors (Lipinski definition) is 2. The Morgan fingerprint density at radius 3 is 2.62 bits per heavy atom. The molecule has 1 aliphatic heterocycles. The van der Waals surface area contributed by atoms with E-state index in [2.05, 4.69) is 24.9 Å². The first-order valence-corrected chi connectivity index (χ1v) is 12.8. The normalized spacial score (nSPS) is 18.4. The van der Waals surface area contributed by atoms with Crippen molar-refractivity contribution in [2.75, 3.05) is 6.54 Å². The molecule has 0 spiro atoms. The molecule has 3 aromatic carbocycles. The molecular formula is C32H34FNO3. The second kappa shape index (κ2) is 12.0. The number of ether oxygens (including phenoxy) is 1. The lowest BCUT2D eigenvalue weighted by atomic mass is 9.83. The van der Waals surface area contributed by atoms with Gasteiger partial charge in [-0.3, -0.25) is 0 Å². The van der Waals surface area contributed by atoms with Gasteiger partial charge in [-0.1, -0.05) is 67.3 Å². The number of para-hydroxylation sites is 1. The standard InChI is InChI=1S/C32H34FNO3/c1-4-23(32(35)36)16-15-21(2)29-20-24(37-31-14-8-7-13-28(29)31)10-9-19-34-22(3)25-17-18-30(33)27-12-6-5-11-26(25)27/h4-8,11-18,22,24,29,34H,2,9-10,19-20H2,1,3H3,(H,35,36)/b16-15-,23-4+/t22-,24+,29+/m1/s1. The van der Waals surface area contributed by atoms with Gasteiger partial charge in [-0.05, 0) is 74.4 Å². The number of carboxylic acids is 1. The third kappa shape index (κ3) is 6.17. The molecule has 0 saturated heterocycles. The number of halogens is 1. The maximum absolute atomic E-state index is 14.2. The molecule has 4 rings (SSSR count). The van der Waals surface area contributed by atoms with Crippen LogP contribution in [0.15, 0.2) is 96.6 Å². The first-order chi connectivity index (χ1) is 17.9. The fourth-order valence-electron chi connectivity index (χ4n) is 5.05. The predicted octanol–water partition coefficient (Wildman–Crippen LogP) is 7.49. The van der Waals surface area contributed by atoms with Gasteiger partial charge in [0.1, 0.15) is 11.6 Å². The first kappa shape index (κ1) is 26.4. The molecule has 0 fully saturated rings. The average Bonchev–Trinajstić information content (AvgIpc) is 2.91. The SMILES string of the molecule is C=C(/C=C\C(=C/C)C(=O)O)[C@@H]1C[C@H](CCCN[C@H](C)c2ccc(F)c3ccccc23)Oc2ccccc21. The van der Waals surface area contributed by atoms with E-state index in [9.17, 15) is 14.3 Å². The molecule has 37 heavy (non-hydrogen) atoms. The fraction of sp³-hybridized carbons (Fsp3) is 0.281. The van der Waals surface area contributed by atoms with Gasteiger partial charge in [0.05, 0.1) is 11.7 Å². The zero-order valence-corrected chi connectivity index (χ0v) is 21.4. The monoisotopic (exact) mass is 499 g/mol. The Bertz CT molecular complexity index is 1340. The Balaban J connectivity index is 1.38. The number of benzene rings is 3. The van der Waals surface area contributed by atoms with E-state index in [-0.39, 0.29) is 29.5 Å². The maximum atomic E-state index is 14.2. The topological polar surface area (TPSA) is 58.6 Å². The van der Waals surface area contributed by atoms with Crippen LogP contribution >= 0.6 is 0 Å². The number of allylic oxidation sites excluding steroid dienone is 3. The number of carboxylic acid groups (broad SMARTS) is 1. The van der Waals surface area contributed by atoms with Crippen molar-refractivity contribution in [2.24, 2.45) is 0 Å². The number of carbonyl (C=O) groups is 1. The highest BCUT2D eigenvalue weighted by atomic mass is 19.1. The third-order valence-electron chi connectivity index (χ3n) is 7.09. The Morgan fingerprint density at radius 2 is 1.86 bits per heavy atom. The second-order valence-corrected chi connectivity index (χ2v) is 9.52. The van der Waals surface area contributed by atoms with E-state index in [0.29, 0.717) is 5.39 Å². The van der Waals surface area contributed by atoms with Crippen molar-refractivity contribution >= 4 is 16.7 Å². The van der Waals surface area contributed by atoms with E-state index in [4.69, 9.17) is 4.74 Å². The lowest BCUT2D eigenvalue weighted by Gasteiger charge is -2.33. The Kier molecular flexibility index (Phi) is 8.57. The summed E-state index contributed by atoms with van der Waals surface area (Å²) in [5, 5.41) is 14.5. The van der Waals surface area contributed by atoms with Crippen molar-refractivity contribution in [3.8, 4) is 5.75 Å². The summed E-state index contributed by atoms with van der Waals surface area (Å²) in [4.78, 5) is 11.3. The molecule has 0 aromatic heterocycles. The van der Waals surface area contributed by atoms with Crippen LogP contribution in [0.5, 0.6) is 5.75 Å². The fourth-order valence-corrected chi connectivity index (χ4v) is 5.05. The molecule has 5 heteroatoms. The summed E-state index contributed by atoms with van der Waals surface area (Å²) in [7, 11) is 0. The van der Waals surface area contributed by atoms with Gasteiger partial charge in [0.25, 0.3) is 0 Å². The summed E-state index contributed by atoms with van der Waals surface area (Å²) < 4.78 is 20.5. The van der Waals surface area contributed by atoms with Crippen molar-refractivity contribution in [3.63, 3.8) is 0 Å². The summed E-state index contributed by atoms with van der Waals surface area (Å²) in [6.45, 7) is 8.89. The Morgan fingerprint density at radius 1 is 1.14 bits per heavy atom.